The lowest BCUT2D eigenvalue weighted by Crippen LogP contribution is -2.13. The van der Waals surface area contributed by atoms with Crippen LogP contribution >= 0.6 is 0 Å². The Labute approximate surface area is 263 Å². The number of allylic oxidation sites excluding steroid dienone is 21. The fourth-order valence-electron chi connectivity index (χ4n) is 3.57. The molecule has 0 aliphatic rings. The van der Waals surface area contributed by atoms with Crippen LogP contribution in [-0.2, 0) is 14.3 Å². The summed E-state index contributed by atoms with van der Waals surface area (Å²) in [7, 11) is 0. The van der Waals surface area contributed by atoms with Gasteiger partial charge in [-0.25, -0.2) is 0 Å². The molecule has 226 valence electrons. The first-order valence-corrected chi connectivity index (χ1v) is 14.1. The third-order valence-corrected chi connectivity index (χ3v) is 5.76. The van der Waals surface area contributed by atoms with Gasteiger partial charge in [0.15, 0.2) is 11.6 Å². The Bertz CT molecular complexity index is 1510. The lowest BCUT2D eigenvalue weighted by Gasteiger charge is -2.11. The maximum Gasteiger partial charge on any atom is 0.193 e. The van der Waals surface area contributed by atoms with Crippen molar-refractivity contribution in [2.45, 2.75) is 27.7 Å². The molecule has 0 aromatic heterocycles. The number of para-hydroxylation sites is 1. The van der Waals surface area contributed by atoms with Crippen molar-refractivity contribution in [2.24, 2.45) is 0 Å². The molecule has 0 amide bonds. The molecule has 0 saturated heterocycles. The molecular weight excluding hydrogens is 544 g/mol. The SMILES string of the molecule is C=C/C=C\C=C(/C=C)O/C(C=C)=C/C=C(\C=C)C(=O)C(/C=C\C)=C(/C=C\C)C(=O)C(/C=C\C(=C/C)Oc1ccccc1)=C/C. The summed E-state index contributed by atoms with van der Waals surface area (Å²) in [6, 6.07) is 9.37. The number of hydrogen-bond acceptors (Lipinski definition) is 4. The molecule has 1 aromatic carbocycles. The van der Waals surface area contributed by atoms with Crippen LogP contribution < -0.4 is 4.74 Å². The summed E-state index contributed by atoms with van der Waals surface area (Å²) >= 11 is 0. The summed E-state index contributed by atoms with van der Waals surface area (Å²) in [5.74, 6) is 1.41. The van der Waals surface area contributed by atoms with Gasteiger partial charge in [-0.15, -0.1) is 0 Å². The van der Waals surface area contributed by atoms with E-state index in [1.807, 2.05) is 37.3 Å². The van der Waals surface area contributed by atoms with Crippen LogP contribution in [0.25, 0.3) is 0 Å². The summed E-state index contributed by atoms with van der Waals surface area (Å²) in [6.45, 7) is 22.2. The Morgan fingerprint density at radius 2 is 1.20 bits per heavy atom. The number of carbonyl (C=O) groups is 2. The van der Waals surface area contributed by atoms with Gasteiger partial charge < -0.3 is 9.47 Å². The quantitative estimate of drug-likeness (QED) is 0.0976. The molecule has 44 heavy (non-hydrogen) atoms. The smallest absolute Gasteiger partial charge is 0.193 e. The largest absolute Gasteiger partial charge is 0.458 e. The van der Waals surface area contributed by atoms with E-state index in [1.54, 1.807) is 112 Å². The topological polar surface area (TPSA) is 52.6 Å². The van der Waals surface area contributed by atoms with Crippen molar-refractivity contribution in [3.63, 3.8) is 0 Å². The predicted molar refractivity (Wildman–Crippen MR) is 186 cm³/mol. The van der Waals surface area contributed by atoms with Crippen LogP contribution in [0.5, 0.6) is 5.75 Å². The summed E-state index contributed by atoms with van der Waals surface area (Å²) in [4.78, 5) is 27.7. The first-order valence-electron chi connectivity index (χ1n) is 14.1. The maximum absolute atomic E-state index is 13.8. The number of Topliss-reactive ketones (excluding diaryl/α,β-unsaturated/α-hetero) is 2. The van der Waals surface area contributed by atoms with Gasteiger partial charge in [0.25, 0.3) is 0 Å². The highest BCUT2D eigenvalue weighted by Gasteiger charge is 2.20. The number of rotatable bonds is 18. The maximum atomic E-state index is 13.8. The number of carbonyl (C=O) groups excluding carboxylic acids is 2. The lowest BCUT2D eigenvalue weighted by atomic mass is 9.91. The van der Waals surface area contributed by atoms with Crippen molar-refractivity contribution in [3.05, 3.63) is 200 Å². The zero-order valence-electron chi connectivity index (χ0n) is 26.2. The van der Waals surface area contributed by atoms with Crippen molar-refractivity contribution >= 4 is 11.6 Å². The molecule has 0 spiro atoms. The predicted octanol–water partition coefficient (Wildman–Crippen LogP) is 10.1. The average Bonchev–Trinajstić information content (AvgIpc) is 3.05. The minimum Gasteiger partial charge on any atom is -0.458 e. The number of benzene rings is 1. The van der Waals surface area contributed by atoms with Gasteiger partial charge in [0, 0.05) is 22.3 Å². The van der Waals surface area contributed by atoms with E-state index in [0.717, 1.165) is 0 Å². The molecule has 0 fully saturated rings. The average molecular weight is 587 g/mol. The monoisotopic (exact) mass is 586 g/mol. The number of hydrogen-bond donors (Lipinski definition) is 0. The zero-order valence-corrected chi connectivity index (χ0v) is 26.2. The summed E-state index contributed by atoms with van der Waals surface area (Å²) < 4.78 is 11.7. The van der Waals surface area contributed by atoms with Gasteiger partial charge in [-0.2, -0.15) is 0 Å². The second kappa shape index (κ2) is 21.3. The zero-order chi connectivity index (χ0) is 32.7. The highest BCUT2D eigenvalue weighted by atomic mass is 16.5. The van der Waals surface area contributed by atoms with E-state index in [9.17, 15) is 9.59 Å². The molecule has 0 unspecified atom stereocenters. The normalized spacial score (nSPS) is 14.2. The standard InChI is InChI=1S/C40H42O4/c1-9-17-19-24-33(14-6)43-34(15-7)29-27-31(12-4)39(41)37(22-10-2)38(23-11-3)40(42)32(13-5)28-30-35(16-8)44-36-25-20-18-21-26-36/h9-30H,1,4,6-7H2,2-3,5,8H3/b19-17-,22-10-,23-11-,30-28-,31-27+,32-13+,33-24+,34-29+,35-16+,38-37-. The van der Waals surface area contributed by atoms with Gasteiger partial charge in [0.2, 0.25) is 0 Å². The highest BCUT2D eigenvalue weighted by Crippen LogP contribution is 2.22. The molecule has 0 N–H and O–H groups in total. The Morgan fingerprint density at radius 3 is 1.70 bits per heavy atom. The molecule has 0 atom stereocenters. The van der Waals surface area contributed by atoms with Crippen molar-refractivity contribution < 1.29 is 19.1 Å². The molecule has 4 heteroatoms. The van der Waals surface area contributed by atoms with Crippen LogP contribution in [0, 0.1) is 0 Å². The second-order valence-electron chi connectivity index (χ2n) is 8.76. The molecule has 0 saturated carbocycles. The van der Waals surface area contributed by atoms with Crippen LogP contribution in [0.3, 0.4) is 0 Å². The van der Waals surface area contributed by atoms with Crippen LogP contribution in [0.4, 0.5) is 0 Å². The molecule has 0 radical (unpaired) electrons. The van der Waals surface area contributed by atoms with Crippen LogP contribution in [0.1, 0.15) is 27.7 Å². The number of ketones is 2. The van der Waals surface area contributed by atoms with Crippen molar-refractivity contribution in [1.29, 1.82) is 0 Å². The van der Waals surface area contributed by atoms with Crippen LogP contribution in [0.2, 0.25) is 0 Å². The molecule has 0 bridgehead atoms. The Hall–Kier alpha value is -5.48. The molecule has 0 heterocycles. The Balaban J connectivity index is 3.53. The van der Waals surface area contributed by atoms with Gasteiger partial charge in [-0.1, -0.05) is 99.2 Å². The molecular formula is C40H42O4. The Kier molecular flexibility index (Phi) is 17.7. The molecule has 1 rings (SSSR count). The van der Waals surface area contributed by atoms with Gasteiger partial charge in [0.1, 0.15) is 23.0 Å². The van der Waals surface area contributed by atoms with Crippen molar-refractivity contribution in [1.82, 2.24) is 0 Å². The van der Waals surface area contributed by atoms with Gasteiger partial charge in [0.05, 0.1) is 0 Å². The number of ether oxygens (including phenoxy) is 2. The summed E-state index contributed by atoms with van der Waals surface area (Å²) in [6.07, 6.45) is 28.2. The van der Waals surface area contributed by atoms with E-state index in [-0.39, 0.29) is 28.3 Å². The third-order valence-electron chi connectivity index (χ3n) is 5.76. The van der Waals surface area contributed by atoms with Crippen LogP contribution in [-0.4, -0.2) is 11.6 Å². The van der Waals surface area contributed by atoms with Gasteiger partial charge >= 0.3 is 0 Å². The lowest BCUT2D eigenvalue weighted by molar-refractivity contribution is -0.114. The van der Waals surface area contributed by atoms with E-state index in [4.69, 9.17) is 9.47 Å². The first kappa shape index (κ1) is 36.5. The Morgan fingerprint density at radius 1 is 0.614 bits per heavy atom. The summed E-state index contributed by atoms with van der Waals surface area (Å²) in [5, 5.41) is 0. The van der Waals surface area contributed by atoms with E-state index >= 15 is 0 Å². The fraction of sp³-hybridized carbons (Fsp3) is 0.100. The summed E-state index contributed by atoms with van der Waals surface area (Å²) in [5.41, 5.74) is 1.11. The van der Waals surface area contributed by atoms with Gasteiger partial charge in [-0.05, 0) is 88.4 Å². The molecule has 0 aliphatic carbocycles. The molecule has 1 aromatic rings. The van der Waals surface area contributed by atoms with E-state index in [0.29, 0.717) is 28.6 Å². The first-order chi connectivity index (χ1) is 21.3. The molecule has 4 nitrogen and oxygen atoms in total. The van der Waals surface area contributed by atoms with E-state index < -0.39 is 0 Å². The van der Waals surface area contributed by atoms with E-state index in [2.05, 4.69) is 26.3 Å². The van der Waals surface area contributed by atoms with E-state index in [1.165, 1.54) is 12.2 Å². The molecule has 0 aliphatic heterocycles. The minimum absolute atomic E-state index is 0.219. The highest BCUT2D eigenvalue weighted by molar-refractivity contribution is 6.21. The second-order valence-corrected chi connectivity index (χ2v) is 8.76. The third kappa shape index (κ3) is 12.2. The van der Waals surface area contributed by atoms with Gasteiger partial charge in [-0.3, -0.25) is 9.59 Å². The fourth-order valence-corrected chi connectivity index (χ4v) is 3.57. The van der Waals surface area contributed by atoms with Crippen LogP contribution in [0.15, 0.2) is 200 Å². The minimum atomic E-state index is -0.381. The van der Waals surface area contributed by atoms with Crippen molar-refractivity contribution in [3.8, 4) is 5.75 Å². The van der Waals surface area contributed by atoms with Crippen molar-refractivity contribution in [2.75, 3.05) is 0 Å².